The first-order valence-electron chi connectivity index (χ1n) is 13.9. The van der Waals surface area contributed by atoms with Crippen LogP contribution in [0.2, 0.25) is 0 Å². The average Bonchev–Trinajstić information content (AvgIpc) is 2.92. The van der Waals surface area contributed by atoms with Crippen molar-refractivity contribution >= 4 is 17.8 Å². The number of piperazine rings is 1. The Hall–Kier alpha value is -3.88. The summed E-state index contributed by atoms with van der Waals surface area (Å²) in [6.07, 6.45) is -10.4. The molecule has 8 nitrogen and oxygen atoms in total. The van der Waals surface area contributed by atoms with Crippen LogP contribution >= 0.6 is 0 Å². The van der Waals surface area contributed by atoms with Crippen LogP contribution in [0.15, 0.2) is 42.5 Å². The van der Waals surface area contributed by atoms with Gasteiger partial charge >= 0.3 is 18.4 Å². The molecule has 2 fully saturated rings. The zero-order chi connectivity index (χ0) is 32.4. The van der Waals surface area contributed by atoms with Crippen LogP contribution in [0.5, 0.6) is 0 Å². The summed E-state index contributed by atoms with van der Waals surface area (Å²) >= 11 is 0. The highest BCUT2D eigenvalue weighted by atomic mass is 19.4. The fourth-order valence-electron chi connectivity index (χ4n) is 5.49. The predicted octanol–water partition coefficient (Wildman–Crippen LogP) is 4.69. The van der Waals surface area contributed by atoms with E-state index in [2.05, 4.69) is 5.32 Å². The van der Waals surface area contributed by atoms with E-state index >= 15 is 0 Å². The highest BCUT2D eigenvalue weighted by Gasteiger charge is 2.48. The second kappa shape index (κ2) is 13.0. The Kier molecular flexibility index (Phi) is 9.76. The monoisotopic (exact) mass is 631 g/mol. The number of carbonyl (C=O) groups excluding carboxylic acids is 3. The Bertz CT molecular complexity index is 1350. The molecule has 4 amide bonds. The maximum Gasteiger partial charge on any atom is 0.416 e. The maximum absolute atomic E-state index is 13.9. The van der Waals surface area contributed by atoms with Crippen LogP contribution in [0.3, 0.4) is 0 Å². The lowest BCUT2D eigenvalue weighted by molar-refractivity contribution is -0.167. The van der Waals surface area contributed by atoms with Crippen LogP contribution < -0.4 is 5.32 Å². The summed E-state index contributed by atoms with van der Waals surface area (Å²) in [6, 6.07) is 4.94. The minimum absolute atomic E-state index is 0.000777. The van der Waals surface area contributed by atoms with E-state index in [0.29, 0.717) is 30.7 Å². The fraction of sp³-hybridized carbons (Fsp3) is 0.483. The van der Waals surface area contributed by atoms with Gasteiger partial charge in [-0.1, -0.05) is 12.1 Å². The van der Waals surface area contributed by atoms with Gasteiger partial charge in [-0.15, -0.1) is 0 Å². The van der Waals surface area contributed by atoms with E-state index in [1.165, 1.54) is 32.9 Å². The number of nitrogens with one attached hydrogen (secondary N) is 1. The van der Waals surface area contributed by atoms with Gasteiger partial charge in [0.2, 0.25) is 11.8 Å². The highest BCUT2D eigenvalue weighted by Crippen LogP contribution is 2.36. The summed E-state index contributed by atoms with van der Waals surface area (Å²) in [7, 11) is 3.70. The Morgan fingerprint density at radius 3 is 2.23 bits per heavy atom. The quantitative estimate of drug-likeness (QED) is 0.430. The molecular weight excluding hydrogens is 599 g/mol. The van der Waals surface area contributed by atoms with Gasteiger partial charge in [-0.3, -0.25) is 9.59 Å². The first kappa shape index (κ1) is 33.0. The Balaban J connectivity index is 1.59. The molecule has 0 aliphatic carbocycles. The predicted molar refractivity (Wildman–Crippen MR) is 144 cm³/mol. The summed E-state index contributed by atoms with van der Waals surface area (Å²) in [5.41, 5.74) is -2.95. The van der Waals surface area contributed by atoms with Crippen LogP contribution in [0.4, 0.5) is 35.5 Å². The number of rotatable bonds is 8. The van der Waals surface area contributed by atoms with Crippen LogP contribution in [-0.2, 0) is 35.0 Å². The number of benzene rings is 2. The van der Waals surface area contributed by atoms with Crippen molar-refractivity contribution in [1.82, 2.24) is 24.9 Å². The Morgan fingerprint density at radius 2 is 1.64 bits per heavy atom. The maximum atomic E-state index is 13.9. The van der Waals surface area contributed by atoms with Gasteiger partial charge < -0.3 is 24.9 Å². The van der Waals surface area contributed by atoms with E-state index in [4.69, 9.17) is 0 Å². The van der Waals surface area contributed by atoms with Gasteiger partial charge in [0, 0.05) is 26.1 Å². The number of hydrogen-bond donors (Lipinski definition) is 1. The van der Waals surface area contributed by atoms with Gasteiger partial charge in [0.1, 0.15) is 18.0 Å². The minimum atomic E-state index is -5.05. The molecule has 0 unspecified atom stereocenters. The molecule has 2 heterocycles. The van der Waals surface area contributed by atoms with Crippen molar-refractivity contribution in [1.29, 1.82) is 0 Å². The average molecular weight is 632 g/mol. The van der Waals surface area contributed by atoms with E-state index in [9.17, 15) is 45.1 Å². The number of carbonyl (C=O) groups is 3. The van der Waals surface area contributed by atoms with Crippen molar-refractivity contribution in [3.8, 4) is 0 Å². The molecule has 2 atom stereocenters. The van der Waals surface area contributed by atoms with Crippen molar-refractivity contribution in [3.63, 3.8) is 0 Å². The van der Waals surface area contributed by atoms with Gasteiger partial charge in [-0.05, 0) is 74.9 Å². The SMILES string of the molecule is CN(C)CCC[C@H]1C(=O)N(Cc2cccc(F)c2)C[C@@H]2N(C(=O)NCc3cc(C(F)(F)F)cc(C(F)(F)F)c3)CCC(=O)N21. The highest BCUT2D eigenvalue weighted by molar-refractivity contribution is 5.91. The van der Waals surface area contributed by atoms with Crippen molar-refractivity contribution in [2.75, 3.05) is 33.7 Å². The molecule has 15 heteroatoms. The van der Waals surface area contributed by atoms with E-state index in [1.54, 1.807) is 6.07 Å². The minimum Gasteiger partial charge on any atom is -0.334 e. The number of fused-ring (bicyclic) bond motifs is 1. The Labute approximate surface area is 249 Å². The van der Waals surface area contributed by atoms with Gasteiger partial charge in [-0.25, -0.2) is 9.18 Å². The lowest BCUT2D eigenvalue weighted by Crippen LogP contribution is -2.71. The number of urea groups is 1. The van der Waals surface area contributed by atoms with Crippen LogP contribution in [-0.4, -0.2) is 83.4 Å². The first-order chi connectivity index (χ1) is 20.5. The molecule has 0 aromatic heterocycles. The molecule has 0 saturated carbocycles. The molecular formula is C29H32F7N5O3. The molecule has 2 saturated heterocycles. The summed E-state index contributed by atoms with van der Waals surface area (Å²) in [5.74, 6) is -1.24. The third-order valence-corrected chi connectivity index (χ3v) is 7.55. The number of nitrogens with zero attached hydrogens (tertiary/aromatic N) is 4. The molecule has 44 heavy (non-hydrogen) atoms. The van der Waals surface area contributed by atoms with Crippen LogP contribution in [0.25, 0.3) is 0 Å². The second-order valence-corrected chi connectivity index (χ2v) is 11.1. The number of halogens is 7. The van der Waals surface area contributed by atoms with E-state index < -0.39 is 59.6 Å². The summed E-state index contributed by atoms with van der Waals surface area (Å²) in [5, 5.41) is 2.38. The zero-order valence-electron chi connectivity index (χ0n) is 24.0. The molecule has 4 rings (SSSR count). The molecule has 0 spiro atoms. The largest absolute Gasteiger partial charge is 0.416 e. The number of alkyl halides is 6. The van der Waals surface area contributed by atoms with Crippen molar-refractivity contribution in [3.05, 3.63) is 70.5 Å². The lowest BCUT2D eigenvalue weighted by atomic mass is 9.99. The Morgan fingerprint density at radius 1 is 0.977 bits per heavy atom. The van der Waals surface area contributed by atoms with Crippen LogP contribution in [0.1, 0.15) is 41.5 Å². The third kappa shape index (κ3) is 7.79. The van der Waals surface area contributed by atoms with Gasteiger partial charge in [0.25, 0.3) is 0 Å². The van der Waals surface area contributed by atoms with E-state index in [0.717, 1.165) is 0 Å². The van der Waals surface area contributed by atoms with Gasteiger partial charge in [-0.2, -0.15) is 26.3 Å². The smallest absolute Gasteiger partial charge is 0.334 e. The molecule has 2 aliphatic rings. The summed E-state index contributed by atoms with van der Waals surface area (Å²) in [4.78, 5) is 46.1. The summed E-state index contributed by atoms with van der Waals surface area (Å²) < 4.78 is 93.7. The first-order valence-corrected chi connectivity index (χ1v) is 13.9. The van der Waals surface area contributed by atoms with Gasteiger partial charge in [0.15, 0.2) is 0 Å². The molecule has 2 aromatic carbocycles. The molecule has 0 radical (unpaired) electrons. The van der Waals surface area contributed by atoms with Crippen molar-refractivity contribution in [2.45, 2.75) is 56.9 Å². The second-order valence-electron chi connectivity index (χ2n) is 11.1. The van der Waals surface area contributed by atoms with Crippen LogP contribution in [0, 0.1) is 5.82 Å². The van der Waals surface area contributed by atoms with E-state index in [1.807, 2.05) is 19.0 Å². The lowest BCUT2D eigenvalue weighted by Gasteiger charge is -2.52. The molecule has 240 valence electrons. The van der Waals surface area contributed by atoms with Gasteiger partial charge in [0.05, 0.1) is 17.7 Å². The molecule has 0 bridgehead atoms. The number of hydrogen-bond acceptors (Lipinski definition) is 4. The molecule has 2 aromatic rings. The molecule has 1 N–H and O–H groups in total. The third-order valence-electron chi connectivity index (χ3n) is 7.55. The molecule has 2 aliphatic heterocycles. The summed E-state index contributed by atoms with van der Waals surface area (Å²) in [6.45, 7) is -0.253. The van der Waals surface area contributed by atoms with E-state index in [-0.39, 0.29) is 50.4 Å². The number of amides is 4. The fourth-order valence-corrected chi connectivity index (χ4v) is 5.49. The zero-order valence-corrected chi connectivity index (χ0v) is 24.0. The topological polar surface area (TPSA) is 76.2 Å². The standard InChI is InChI=1S/C29H32F7N5O3/c1-38(2)9-4-7-23-26(43)39(16-18-5-3-6-22(30)13-18)17-24-40(10-8-25(42)41(23)24)27(44)37-15-19-11-20(28(31,32)33)14-21(12-19)29(34,35)36/h3,5-6,11-14,23-24H,4,7-10,15-17H2,1-2H3,(H,37,44)/t23-,24+/m0/s1. The van der Waals surface area contributed by atoms with Crippen molar-refractivity contribution < 1.29 is 45.1 Å². The van der Waals surface area contributed by atoms with Crippen molar-refractivity contribution in [2.24, 2.45) is 0 Å². The normalized spacial score (nSPS) is 19.5.